The average molecular weight is 342 g/mol. The number of benzene rings is 1. The van der Waals surface area contributed by atoms with Crippen LogP contribution in [0.15, 0.2) is 24.3 Å². The summed E-state index contributed by atoms with van der Waals surface area (Å²) in [5, 5.41) is 0.686. The molecule has 2 rings (SSSR count). The minimum Gasteiger partial charge on any atom is -0.369 e. The van der Waals surface area contributed by atoms with E-state index in [1.165, 1.54) is 4.31 Å². The highest BCUT2D eigenvalue weighted by Crippen LogP contribution is 2.20. The quantitative estimate of drug-likeness (QED) is 0.848. The summed E-state index contributed by atoms with van der Waals surface area (Å²) in [6.07, 6.45) is 5.34. The van der Waals surface area contributed by atoms with E-state index in [2.05, 4.69) is 15.5 Å². The van der Waals surface area contributed by atoms with Gasteiger partial charge in [-0.05, 0) is 38.1 Å². The van der Waals surface area contributed by atoms with Gasteiger partial charge in [-0.25, -0.2) is 0 Å². The van der Waals surface area contributed by atoms with Crippen molar-refractivity contribution < 1.29 is 8.42 Å². The van der Waals surface area contributed by atoms with Crippen LogP contribution < -0.4 is 9.62 Å². The molecule has 1 saturated heterocycles. The predicted molar refractivity (Wildman–Crippen MR) is 90.2 cm³/mol. The zero-order valence-corrected chi connectivity index (χ0v) is 14.3. The van der Waals surface area contributed by atoms with Crippen LogP contribution in [0.25, 0.3) is 0 Å². The summed E-state index contributed by atoms with van der Waals surface area (Å²) in [4.78, 5) is 2.13. The second kappa shape index (κ2) is 6.47. The molecule has 0 bridgehead atoms. The van der Waals surface area contributed by atoms with Crippen molar-refractivity contribution in [3.8, 4) is 12.3 Å². The van der Waals surface area contributed by atoms with Crippen LogP contribution >= 0.6 is 11.6 Å². The van der Waals surface area contributed by atoms with Gasteiger partial charge in [-0.3, -0.25) is 0 Å². The lowest BCUT2D eigenvalue weighted by Crippen LogP contribution is -2.55. The van der Waals surface area contributed by atoms with E-state index >= 15 is 0 Å². The van der Waals surface area contributed by atoms with Crippen molar-refractivity contribution in [2.75, 3.05) is 31.1 Å². The monoisotopic (exact) mass is 341 g/mol. The summed E-state index contributed by atoms with van der Waals surface area (Å²) in [6, 6.07) is 7.53. The van der Waals surface area contributed by atoms with Crippen LogP contribution in [0.3, 0.4) is 0 Å². The van der Waals surface area contributed by atoms with Crippen LogP contribution in [0.5, 0.6) is 0 Å². The Hall–Kier alpha value is -1.26. The SMILES string of the molecule is C#CC(C)(C)NS(=O)(=O)N1CCN(c2ccc(Cl)cc2)CC1. The van der Waals surface area contributed by atoms with E-state index in [0.29, 0.717) is 31.2 Å². The summed E-state index contributed by atoms with van der Waals surface area (Å²) >= 11 is 5.88. The smallest absolute Gasteiger partial charge is 0.280 e. The van der Waals surface area contributed by atoms with Gasteiger partial charge < -0.3 is 4.90 Å². The Balaban J connectivity index is 2.00. The Morgan fingerprint density at radius 3 is 2.23 bits per heavy atom. The number of anilines is 1. The molecular formula is C15H20ClN3O2S. The fraction of sp³-hybridized carbons (Fsp3) is 0.467. The number of hydrogen-bond acceptors (Lipinski definition) is 3. The predicted octanol–water partition coefficient (Wildman–Crippen LogP) is 1.71. The van der Waals surface area contributed by atoms with Gasteiger partial charge >= 0.3 is 0 Å². The fourth-order valence-electron chi connectivity index (χ4n) is 2.26. The van der Waals surface area contributed by atoms with E-state index in [9.17, 15) is 8.42 Å². The van der Waals surface area contributed by atoms with Gasteiger partial charge in [0.15, 0.2) is 0 Å². The maximum atomic E-state index is 12.3. The molecule has 1 fully saturated rings. The Morgan fingerprint density at radius 1 is 1.18 bits per heavy atom. The van der Waals surface area contributed by atoms with Gasteiger partial charge in [0, 0.05) is 36.9 Å². The molecule has 0 saturated carbocycles. The first-order valence-corrected chi connectivity index (χ1v) is 8.83. The van der Waals surface area contributed by atoms with Crippen LogP contribution in [-0.2, 0) is 10.2 Å². The molecule has 0 unspecified atom stereocenters. The zero-order valence-electron chi connectivity index (χ0n) is 12.7. The van der Waals surface area contributed by atoms with E-state index in [0.717, 1.165) is 5.69 Å². The maximum absolute atomic E-state index is 12.3. The Morgan fingerprint density at radius 2 is 1.73 bits per heavy atom. The fourth-order valence-corrected chi connectivity index (χ4v) is 3.86. The van der Waals surface area contributed by atoms with Crippen LogP contribution in [0.1, 0.15) is 13.8 Å². The Bertz CT molecular complexity index is 657. The van der Waals surface area contributed by atoms with Gasteiger partial charge in [0.2, 0.25) is 0 Å². The van der Waals surface area contributed by atoms with E-state index in [4.69, 9.17) is 18.0 Å². The van der Waals surface area contributed by atoms with Gasteiger partial charge in [-0.1, -0.05) is 17.5 Å². The third kappa shape index (κ3) is 4.14. The van der Waals surface area contributed by atoms with Gasteiger partial charge in [-0.15, -0.1) is 6.42 Å². The van der Waals surface area contributed by atoms with Gasteiger partial charge in [0.25, 0.3) is 10.2 Å². The normalized spacial score (nSPS) is 17.3. The average Bonchev–Trinajstić information content (AvgIpc) is 2.47. The van der Waals surface area contributed by atoms with Crippen LogP contribution in [0.2, 0.25) is 5.02 Å². The number of terminal acetylenes is 1. The lowest BCUT2D eigenvalue weighted by Gasteiger charge is -2.36. The molecule has 0 spiro atoms. The molecule has 0 aromatic heterocycles. The highest BCUT2D eigenvalue weighted by atomic mass is 35.5. The Kier molecular flexibility index (Phi) is 5.03. The van der Waals surface area contributed by atoms with Gasteiger partial charge in [-0.2, -0.15) is 17.4 Å². The van der Waals surface area contributed by atoms with Crippen molar-refractivity contribution in [1.82, 2.24) is 9.03 Å². The van der Waals surface area contributed by atoms with E-state index < -0.39 is 15.7 Å². The van der Waals surface area contributed by atoms with Crippen LogP contribution in [-0.4, -0.2) is 44.4 Å². The van der Waals surface area contributed by atoms with E-state index in [1.54, 1.807) is 13.8 Å². The number of nitrogens with zero attached hydrogens (tertiary/aromatic N) is 2. The first kappa shape index (κ1) is 17.1. The lowest BCUT2D eigenvalue weighted by molar-refractivity contribution is 0.371. The first-order chi connectivity index (χ1) is 10.2. The van der Waals surface area contributed by atoms with Crippen molar-refractivity contribution in [3.05, 3.63) is 29.3 Å². The van der Waals surface area contributed by atoms with Crippen molar-refractivity contribution in [3.63, 3.8) is 0 Å². The molecule has 0 radical (unpaired) electrons. The number of hydrogen-bond donors (Lipinski definition) is 1. The molecule has 0 amide bonds. The lowest BCUT2D eigenvalue weighted by atomic mass is 10.1. The summed E-state index contributed by atoms with van der Waals surface area (Å²) in [5.74, 6) is 2.44. The van der Waals surface area contributed by atoms with Crippen LogP contribution in [0, 0.1) is 12.3 Å². The molecule has 1 aliphatic rings. The zero-order chi connectivity index (χ0) is 16.4. The van der Waals surface area contributed by atoms with Crippen LogP contribution in [0.4, 0.5) is 5.69 Å². The molecule has 22 heavy (non-hydrogen) atoms. The highest BCUT2D eigenvalue weighted by Gasteiger charge is 2.31. The minimum absolute atomic E-state index is 0.415. The van der Waals surface area contributed by atoms with Gasteiger partial charge in [0.05, 0.1) is 5.54 Å². The summed E-state index contributed by atoms with van der Waals surface area (Å²) < 4.78 is 28.6. The molecular weight excluding hydrogens is 322 g/mol. The van der Waals surface area contributed by atoms with E-state index in [-0.39, 0.29) is 0 Å². The number of piperazine rings is 1. The Labute approximate surface area is 137 Å². The van der Waals surface area contributed by atoms with Crippen molar-refractivity contribution in [2.24, 2.45) is 0 Å². The second-order valence-corrected chi connectivity index (χ2v) is 7.85. The standard InChI is InChI=1S/C15H20ClN3O2S/c1-4-15(2,3)17-22(20,21)19-11-9-18(10-12-19)14-7-5-13(16)6-8-14/h1,5-8,17H,9-12H2,2-3H3. The third-order valence-corrected chi connectivity index (χ3v) is 5.58. The molecule has 1 heterocycles. The summed E-state index contributed by atoms with van der Waals surface area (Å²) in [7, 11) is -3.57. The highest BCUT2D eigenvalue weighted by molar-refractivity contribution is 7.87. The molecule has 1 N–H and O–H groups in total. The molecule has 1 aromatic rings. The van der Waals surface area contributed by atoms with Crippen molar-refractivity contribution in [2.45, 2.75) is 19.4 Å². The van der Waals surface area contributed by atoms with Crippen molar-refractivity contribution >= 4 is 27.5 Å². The molecule has 1 aromatic carbocycles. The maximum Gasteiger partial charge on any atom is 0.280 e. The molecule has 0 aliphatic carbocycles. The topological polar surface area (TPSA) is 52.7 Å². The number of nitrogens with one attached hydrogen (secondary N) is 1. The molecule has 5 nitrogen and oxygen atoms in total. The number of halogens is 1. The second-order valence-electron chi connectivity index (χ2n) is 5.74. The third-order valence-electron chi connectivity index (χ3n) is 3.52. The van der Waals surface area contributed by atoms with Crippen molar-refractivity contribution in [1.29, 1.82) is 0 Å². The number of rotatable bonds is 4. The van der Waals surface area contributed by atoms with Gasteiger partial charge in [0.1, 0.15) is 0 Å². The largest absolute Gasteiger partial charge is 0.369 e. The summed E-state index contributed by atoms with van der Waals surface area (Å²) in [6.45, 7) is 5.40. The first-order valence-electron chi connectivity index (χ1n) is 7.01. The molecule has 1 aliphatic heterocycles. The van der Waals surface area contributed by atoms with E-state index in [1.807, 2.05) is 24.3 Å². The molecule has 7 heteroatoms. The molecule has 0 atom stereocenters. The molecule has 120 valence electrons. The minimum atomic E-state index is -3.57. The summed E-state index contributed by atoms with van der Waals surface area (Å²) in [5.41, 5.74) is 0.143.